The Bertz CT molecular complexity index is 1000. The maximum absolute atomic E-state index is 12.4. The molecular weight excluding hydrogens is 386 g/mol. The Labute approximate surface area is 174 Å². The highest BCUT2D eigenvalue weighted by Crippen LogP contribution is 2.33. The van der Waals surface area contributed by atoms with Crippen LogP contribution in [0.15, 0.2) is 82.6 Å². The van der Waals surface area contributed by atoms with Crippen LogP contribution in [-0.4, -0.2) is 25.4 Å². The zero-order valence-electron chi connectivity index (χ0n) is 16.2. The Kier molecular flexibility index (Phi) is 6.92. The van der Waals surface area contributed by atoms with Gasteiger partial charge in [0.2, 0.25) is 0 Å². The van der Waals surface area contributed by atoms with Gasteiger partial charge in [0, 0.05) is 15.4 Å². The predicted molar refractivity (Wildman–Crippen MR) is 114 cm³/mol. The molecular formula is C23H21NO4S. The Morgan fingerprint density at radius 2 is 1.66 bits per heavy atom. The van der Waals surface area contributed by atoms with Crippen LogP contribution < -0.4 is 14.8 Å². The van der Waals surface area contributed by atoms with Crippen LogP contribution in [-0.2, 0) is 4.79 Å². The molecule has 1 N–H and O–H groups in total. The fourth-order valence-corrected chi connectivity index (χ4v) is 3.53. The van der Waals surface area contributed by atoms with Crippen molar-refractivity contribution < 1.29 is 19.1 Å². The number of benzene rings is 3. The summed E-state index contributed by atoms with van der Waals surface area (Å²) in [5, 5.41) is 2.89. The molecule has 6 heteroatoms. The third-order valence-corrected chi connectivity index (χ3v) is 5.14. The third-order valence-electron chi connectivity index (χ3n) is 4.06. The molecule has 29 heavy (non-hydrogen) atoms. The summed E-state index contributed by atoms with van der Waals surface area (Å²) in [6.07, 6.45) is 0. The molecule has 0 heterocycles. The zero-order valence-corrected chi connectivity index (χ0v) is 17.0. The van der Waals surface area contributed by atoms with Crippen LogP contribution >= 0.6 is 11.8 Å². The third kappa shape index (κ3) is 5.62. The van der Waals surface area contributed by atoms with Gasteiger partial charge in [0.05, 0.1) is 12.8 Å². The maximum Gasteiger partial charge on any atom is 0.262 e. The zero-order chi connectivity index (χ0) is 20.6. The van der Waals surface area contributed by atoms with Crippen molar-refractivity contribution in [3.05, 3.63) is 78.4 Å². The average Bonchev–Trinajstić information content (AvgIpc) is 2.74. The minimum atomic E-state index is -0.288. The molecule has 0 aromatic heterocycles. The van der Waals surface area contributed by atoms with Crippen molar-refractivity contribution in [3.8, 4) is 11.5 Å². The summed E-state index contributed by atoms with van der Waals surface area (Å²) >= 11 is 1.57. The number of ether oxygens (including phenoxy) is 2. The normalized spacial score (nSPS) is 10.3. The molecule has 1 amide bonds. The smallest absolute Gasteiger partial charge is 0.262 e. The summed E-state index contributed by atoms with van der Waals surface area (Å²) in [6, 6.07) is 22.4. The number of carbonyl (C=O) groups is 2. The number of anilines is 1. The van der Waals surface area contributed by atoms with Gasteiger partial charge in [-0.05, 0) is 49.4 Å². The van der Waals surface area contributed by atoms with Crippen LogP contribution in [0.3, 0.4) is 0 Å². The number of carbonyl (C=O) groups excluding carboxylic acids is 2. The number of rotatable bonds is 8. The summed E-state index contributed by atoms with van der Waals surface area (Å²) < 4.78 is 10.9. The molecule has 0 saturated carbocycles. The van der Waals surface area contributed by atoms with Crippen LogP contribution in [0.2, 0.25) is 0 Å². The van der Waals surface area contributed by atoms with Crippen LogP contribution in [0, 0.1) is 0 Å². The fourth-order valence-electron chi connectivity index (χ4n) is 2.61. The minimum absolute atomic E-state index is 0.0693. The van der Waals surface area contributed by atoms with Crippen molar-refractivity contribution in [2.45, 2.75) is 16.7 Å². The van der Waals surface area contributed by atoms with E-state index in [1.165, 1.54) is 14.0 Å². The molecule has 0 aliphatic rings. The van der Waals surface area contributed by atoms with Gasteiger partial charge in [-0.15, -0.1) is 0 Å². The molecule has 0 atom stereocenters. The second kappa shape index (κ2) is 9.80. The summed E-state index contributed by atoms with van der Waals surface area (Å²) in [7, 11) is 1.49. The van der Waals surface area contributed by atoms with Gasteiger partial charge in [0.15, 0.2) is 23.9 Å². The highest BCUT2D eigenvalue weighted by atomic mass is 32.2. The Hall–Kier alpha value is -3.25. The van der Waals surface area contributed by atoms with Crippen molar-refractivity contribution in [2.75, 3.05) is 19.0 Å². The van der Waals surface area contributed by atoms with Gasteiger partial charge in [0.1, 0.15) is 0 Å². The van der Waals surface area contributed by atoms with E-state index in [2.05, 4.69) is 5.32 Å². The summed E-state index contributed by atoms with van der Waals surface area (Å²) in [5.74, 6) is 0.453. The molecule has 0 radical (unpaired) electrons. The molecule has 5 nitrogen and oxygen atoms in total. The first-order valence-electron chi connectivity index (χ1n) is 9.00. The lowest BCUT2D eigenvalue weighted by atomic mass is 10.1. The molecule has 3 rings (SSSR count). The minimum Gasteiger partial charge on any atom is -0.493 e. The van der Waals surface area contributed by atoms with E-state index in [0.717, 1.165) is 9.79 Å². The van der Waals surface area contributed by atoms with Gasteiger partial charge in [-0.25, -0.2) is 0 Å². The quantitative estimate of drug-likeness (QED) is 0.529. The molecule has 0 unspecified atom stereocenters. The molecule has 0 aliphatic carbocycles. The first kappa shape index (κ1) is 20.5. The number of Topliss-reactive ketones (excluding diaryl/α,β-unsaturated/α-hetero) is 1. The molecule has 0 spiro atoms. The van der Waals surface area contributed by atoms with Gasteiger partial charge in [0.25, 0.3) is 5.91 Å². The topological polar surface area (TPSA) is 64.6 Å². The number of methoxy groups -OCH3 is 1. The molecule has 0 bridgehead atoms. The van der Waals surface area contributed by atoms with E-state index in [0.29, 0.717) is 22.7 Å². The van der Waals surface area contributed by atoms with Crippen LogP contribution in [0.4, 0.5) is 5.69 Å². The number of hydrogen-bond donors (Lipinski definition) is 1. The van der Waals surface area contributed by atoms with E-state index in [-0.39, 0.29) is 18.3 Å². The molecule has 0 aliphatic heterocycles. The fraction of sp³-hybridized carbons (Fsp3) is 0.130. The van der Waals surface area contributed by atoms with Crippen molar-refractivity contribution >= 4 is 29.1 Å². The molecule has 3 aromatic rings. The molecule has 148 valence electrons. The first-order chi connectivity index (χ1) is 14.1. The second-order valence-corrected chi connectivity index (χ2v) is 7.29. The number of amides is 1. The van der Waals surface area contributed by atoms with Crippen LogP contribution in [0.25, 0.3) is 0 Å². The highest BCUT2D eigenvalue weighted by molar-refractivity contribution is 7.99. The molecule has 0 fully saturated rings. The SMILES string of the molecule is COc1cc(C(C)=O)ccc1OCC(=O)Nc1ccccc1Sc1ccccc1. The predicted octanol–water partition coefficient (Wildman–Crippen LogP) is 5.07. The molecule has 3 aromatic carbocycles. The van der Waals surface area contributed by atoms with Crippen LogP contribution in [0.5, 0.6) is 11.5 Å². The molecule has 0 saturated heterocycles. The second-order valence-electron chi connectivity index (χ2n) is 6.17. The standard InChI is InChI=1S/C23H21NO4S/c1-16(25)17-12-13-20(21(14-17)27-2)28-15-23(26)24-19-10-6-7-11-22(19)29-18-8-4-3-5-9-18/h3-14H,15H2,1-2H3,(H,24,26). The number of nitrogens with one attached hydrogen (secondary N) is 1. The Morgan fingerprint density at radius 3 is 2.38 bits per heavy atom. The maximum atomic E-state index is 12.4. The van der Waals surface area contributed by atoms with E-state index >= 15 is 0 Å². The summed E-state index contributed by atoms with van der Waals surface area (Å²) in [5.41, 5.74) is 1.24. The van der Waals surface area contributed by atoms with Gasteiger partial charge in [-0.1, -0.05) is 42.1 Å². The Balaban J connectivity index is 1.65. The Morgan fingerprint density at radius 1 is 0.931 bits per heavy atom. The van der Waals surface area contributed by atoms with E-state index in [1.54, 1.807) is 30.0 Å². The van der Waals surface area contributed by atoms with Gasteiger partial charge in [-0.2, -0.15) is 0 Å². The van der Waals surface area contributed by atoms with E-state index in [9.17, 15) is 9.59 Å². The van der Waals surface area contributed by atoms with Gasteiger partial charge >= 0.3 is 0 Å². The van der Waals surface area contributed by atoms with Gasteiger partial charge < -0.3 is 14.8 Å². The number of hydrogen-bond acceptors (Lipinski definition) is 5. The van der Waals surface area contributed by atoms with Crippen molar-refractivity contribution in [1.82, 2.24) is 0 Å². The van der Waals surface area contributed by atoms with Crippen molar-refractivity contribution in [2.24, 2.45) is 0 Å². The number of para-hydroxylation sites is 1. The number of ketones is 1. The largest absolute Gasteiger partial charge is 0.493 e. The van der Waals surface area contributed by atoms with E-state index in [1.807, 2.05) is 54.6 Å². The lowest BCUT2D eigenvalue weighted by molar-refractivity contribution is -0.118. The van der Waals surface area contributed by atoms with Crippen molar-refractivity contribution in [1.29, 1.82) is 0 Å². The average molecular weight is 407 g/mol. The highest BCUT2D eigenvalue weighted by Gasteiger charge is 2.12. The van der Waals surface area contributed by atoms with E-state index < -0.39 is 0 Å². The summed E-state index contributed by atoms with van der Waals surface area (Å²) in [4.78, 5) is 25.9. The van der Waals surface area contributed by atoms with E-state index in [4.69, 9.17) is 9.47 Å². The monoisotopic (exact) mass is 407 g/mol. The summed E-state index contributed by atoms with van der Waals surface area (Å²) in [6.45, 7) is 1.30. The lowest BCUT2D eigenvalue weighted by Gasteiger charge is -2.13. The van der Waals surface area contributed by atoms with Gasteiger partial charge in [-0.3, -0.25) is 9.59 Å². The van der Waals surface area contributed by atoms with Crippen LogP contribution in [0.1, 0.15) is 17.3 Å². The van der Waals surface area contributed by atoms with Crippen molar-refractivity contribution in [3.63, 3.8) is 0 Å². The first-order valence-corrected chi connectivity index (χ1v) is 9.82. The lowest BCUT2D eigenvalue weighted by Crippen LogP contribution is -2.20.